The molecular formula is C21H27N7O2S. The molecular weight excluding hydrogens is 414 g/mol. The van der Waals surface area contributed by atoms with E-state index in [0.717, 1.165) is 44.1 Å². The third kappa shape index (κ3) is 4.31. The van der Waals surface area contributed by atoms with Crippen molar-refractivity contribution in [3.8, 4) is 0 Å². The van der Waals surface area contributed by atoms with E-state index >= 15 is 0 Å². The number of rotatable bonds is 7. The van der Waals surface area contributed by atoms with Gasteiger partial charge in [0, 0.05) is 48.9 Å². The molecule has 1 aliphatic heterocycles. The van der Waals surface area contributed by atoms with Crippen LogP contribution < -0.4 is 4.90 Å². The van der Waals surface area contributed by atoms with Crippen molar-refractivity contribution in [3.05, 3.63) is 62.6 Å². The second-order valence-electron chi connectivity index (χ2n) is 8.33. The van der Waals surface area contributed by atoms with Crippen molar-refractivity contribution < 1.29 is 4.92 Å². The zero-order chi connectivity index (χ0) is 22.0. The Balaban J connectivity index is 1.56. The second-order valence-corrected chi connectivity index (χ2v) is 9.31. The van der Waals surface area contributed by atoms with Gasteiger partial charge in [0.2, 0.25) is 0 Å². The Labute approximate surface area is 185 Å². The minimum absolute atomic E-state index is 0.000152. The van der Waals surface area contributed by atoms with Gasteiger partial charge in [-0.1, -0.05) is 13.0 Å². The Morgan fingerprint density at radius 2 is 1.87 bits per heavy atom. The number of nitrogens with zero attached hydrogens (tertiary/aromatic N) is 7. The van der Waals surface area contributed by atoms with Crippen LogP contribution in [-0.2, 0) is 5.54 Å². The summed E-state index contributed by atoms with van der Waals surface area (Å²) in [6.45, 7) is 9.82. The molecule has 0 unspecified atom stereocenters. The summed E-state index contributed by atoms with van der Waals surface area (Å²) < 4.78 is 1.97. The van der Waals surface area contributed by atoms with E-state index in [1.54, 1.807) is 23.5 Å². The molecule has 10 heteroatoms. The van der Waals surface area contributed by atoms with Crippen LogP contribution in [0.1, 0.15) is 43.9 Å². The predicted octanol–water partition coefficient (Wildman–Crippen LogP) is 3.70. The molecule has 0 radical (unpaired) electrons. The zero-order valence-corrected chi connectivity index (χ0v) is 18.8. The first-order chi connectivity index (χ1) is 14.9. The van der Waals surface area contributed by atoms with Gasteiger partial charge in [0.1, 0.15) is 6.04 Å². The third-order valence-electron chi connectivity index (χ3n) is 6.09. The van der Waals surface area contributed by atoms with Gasteiger partial charge in [-0.25, -0.2) is 4.68 Å². The lowest BCUT2D eigenvalue weighted by atomic mass is 10.0. The van der Waals surface area contributed by atoms with Crippen LogP contribution in [0.5, 0.6) is 0 Å². The molecule has 0 amide bonds. The molecule has 9 nitrogen and oxygen atoms in total. The van der Waals surface area contributed by atoms with E-state index in [2.05, 4.69) is 63.6 Å². The Bertz CT molecular complexity index is 1010. The molecule has 3 aromatic rings. The highest BCUT2D eigenvalue weighted by Gasteiger charge is 2.34. The predicted molar refractivity (Wildman–Crippen MR) is 120 cm³/mol. The van der Waals surface area contributed by atoms with Crippen LogP contribution in [0.15, 0.2) is 41.8 Å². The topological polar surface area (TPSA) is 93.2 Å². The number of benzene rings is 1. The summed E-state index contributed by atoms with van der Waals surface area (Å²) in [7, 11) is 0. The van der Waals surface area contributed by atoms with Crippen molar-refractivity contribution in [2.24, 2.45) is 0 Å². The highest BCUT2D eigenvalue weighted by atomic mass is 32.1. The minimum atomic E-state index is -0.366. The molecule has 31 heavy (non-hydrogen) atoms. The second kappa shape index (κ2) is 8.72. The van der Waals surface area contributed by atoms with Gasteiger partial charge in [-0.05, 0) is 54.3 Å². The third-order valence-corrected chi connectivity index (χ3v) is 7.02. The highest BCUT2D eigenvalue weighted by Crippen LogP contribution is 2.34. The number of piperazine rings is 1. The molecule has 0 N–H and O–H groups in total. The van der Waals surface area contributed by atoms with Gasteiger partial charge >= 0.3 is 0 Å². The normalized spacial score (nSPS) is 16.4. The Kier molecular flexibility index (Phi) is 6.01. The monoisotopic (exact) mass is 441 g/mol. The average Bonchev–Trinajstić information content (AvgIpc) is 3.48. The van der Waals surface area contributed by atoms with Crippen molar-refractivity contribution in [3.63, 3.8) is 0 Å². The fourth-order valence-corrected chi connectivity index (χ4v) is 4.74. The number of tetrazole rings is 1. The lowest BCUT2D eigenvalue weighted by Gasteiger charge is -2.40. The Hall–Kier alpha value is -2.85. The van der Waals surface area contributed by atoms with Crippen LogP contribution in [0.4, 0.5) is 11.4 Å². The van der Waals surface area contributed by atoms with Crippen molar-refractivity contribution in [2.75, 3.05) is 31.1 Å². The molecule has 2 aromatic heterocycles. The molecule has 4 rings (SSSR count). The molecule has 0 aliphatic carbocycles. The van der Waals surface area contributed by atoms with E-state index in [-0.39, 0.29) is 22.2 Å². The van der Waals surface area contributed by atoms with E-state index in [0.29, 0.717) is 0 Å². The minimum Gasteiger partial charge on any atom is -0.369 e. The summed E-state index contributed by atoms with van der Waals surface area (Å²) in [6.07, 6.45) is 0.927. The number of hydrogen-bond acceptors (Lipinski definition) is 8. The molecule has 0 spiro atoms. The van der Waals surface area contributed by atoms with Crippen molar-refractivity contribution in [1.29, 1.82) is 0 Å². The summed E-state index contributed by atoms with van der Waals surface area (Å²) in [5.41, 5.74) is 0.954. The van der Waals surface area contributed by atoms with Crippen LogP contribution in [0.2, 0.25) is 0 Å². The Morgan fingerprint density at radius 1 is 1.16 bits per heavy atom. The van der Waals surface area contributed by atoms with Crippen molar-refractivity contribution in [2.45, 2.75) is 38.8 Å². The zero-order valence-electron chi connectivity index (χ0n) is 18.0. The number of thiophene rings is 1. The first kappa shape index (κ1) is 21.4. The molecule has 1 atom stereocenters. The maximum atomic E-state index is 10.9. The largest absolute Gasteiger partial charge is 0.369 e. The van der Waals surface area contributed by atoms with Crippen LogP contribution in [0.25, 0.3) is 0 Å². The lowest BCUT2D eigenvalue weighted by Crippen LogP contribution is -2.48. The molecule has 1 aromatic carbocycles. The summed E-state index contributed by atoms with van der Waals surface area (Å²) in [5, 5.41) is 25.8. The number of non-ortho nitro benzene ring substituents is 1. The maximum Gasteiger partial charge on any atom is 0.269 e. The van der Waals surface area contributed by atoms with Crippen LogP contribution >= 0.6 is 11.3 Å². The van der Waals surface area contributed by atoms with Gasteiger partial charge in [0.05, 0.1) is 10.5 Å². The standard InChI is InChI=1S/C21H27N7O2S/c1-4-21(2,3)27-20(22-23-24-27)19(18-6-5-15-31-18)26-13-11-25(12-14-26)16-7-9-17(10-8-16)28(29)30/h5-10,15,19H,4,11-14H2,1-3H3/t19-/m1/s1. The van der Waals surface area contributed by atoms with Gasteiger partial charge in [-0.3, -0.25) is 15.0 Å². The van der Waals surface area contributed by atoms with Gasteiger partial charge in [-0.2, -0.15) is 0 Å². The highest BCUT2D eigenvalue weighted by molar-refractivity contribution is 7.10. The molecule has 3 heterocycles. The lowest BCUT2D eigenvalue weighted by molar-refractivity contribution is -0.384. The van der Waals surface area contributed by atoms with Crippen LogP contribution in [0.3, 0.4) is 0 Å². The summed E-state index contributed by atoms with van der Waals surface area (Å²) in [4.78, 5) is 16.5. The maximum absolute atomic E-state index is 10.9. The van der Waals surface area contributed by atoms with E-state index in [9.17, 15) is 10.1 Å². The van der Waals surface area contributed by atoms with E-state index in [4.69, 9.17) is 0 Å². The number of nitro groups is 1. The van der Waals surface area contributed by atoms with Crippen molar-refractivity contribution >= 4 is 22.7 Å². The first-order valence-corrected chi connectivity index (χ1v) is 11.3. The molecule has 1 saturated heterocycles. The number of nitro benzene ring substituents is 1. The van der Waals surface area contributed by atoms with Gasteiger partial charge < -0.3 is 4.90 Å². The van der Waals surface area contributed by atoms with Crippen LogP contribution in [0, 0.1) is 10.1 Å². The van der Waals surface area contributed by atoms with E-state index < -0.39 is 0 Å². The molecule has 1 aliphatic rings. The average molecular weight is 442 g/mol. The van der Waals surface area contributed by atoms with E-state index in [1.807, 2.05) is 16.8 Å². The summed E-state index contributed by atoms with van der Waals surface area (Å²) >= 11 is 1.72. The van der Waals surface area contributed by atoms with Crippen molar-refractivity contribution in [1.82, 2.24) is 25.1 Å². The number of aromatic nitrogens is 4. The fourth-order valence-electron chi connectivity index (χ4n) is 3.89. The number of anilines is 1. The SMILES string of the molecule is CCC(C)(C)n1nnnc1[C@@H](c1cccs1)N1CCN(c2ccc([N+](=O)[O-])cc2)CC1. The van der Waals surface area contributed by atoms with Gasteiger partial charge in [-0.15, -0.1) is 16.4 Å². The molecule has 164 valence electrons. The van der Waals surface area contributed by atoms with Gasteiger partial charge in [0.25, 0.3) is 5.69 Å². The molecule has 0 saturated carbocycles. The molecule has 0 bridgehead atoms. The first-order valence-electron chi connectivity index (χ1n) is 10.5. The smallest absolute Gasteiger partial charge is 0.269 e. The fraction of sp³-hybridized carbons (Fsp3) is 0.476. The Morgan fingerprint density at radius 3 is 2.45 bits per heavy atom. The quantitative estimate of drug-likeness (QED) is 0.408. The summed E-state index contributed by atoms with van der Waals surface area (Å²) in [6, 6.07) is 11.0. The summed E-state index contributed by atoms with van der Waals surface area (Å²) in [5.74, 6) is 0.873. The van der Waals surface area contributed by atoms with Gasteiger partial charge in [0.15, 0.2) is 5.82 Å². The number of hydrogen-bond donors (Lipinski definition) is 0. The van der Waals surface area contributed by atoms with Crippen LogP contribution in [-0.4, -0.2) is 56.2 Å². The molecule has 1 fully saturated rings. The van der Waals surface area contributed by atoms with E-state index in [1.165, 1.54) is 4.88 Å².